The van der Waals surface area contributed by atoms with E-state index >= 15 is 0 Å². The summed E-state index contributed by atoms with van der Waals surface area (Å²) in [5, 5.41) is 3.41. The van der Waals surface area contributed by atoms with Gasteiger partial charge in [-0.25, -0.2) is 8.42 Å². The fourth-order valence-electron chi connectivity index (χ4n) is 2.19. The van der Waals surface area contributed by atoms with Crippen LogP contribution in [0.4, 0.5) is 0 Å². The topological polar surface area (TPSA) is 46.2 Å². The second-order valence-corrected chi connectivity index (χ2v) is 7.17. The minimum atomic E-state index is -3.12. The van der Waals surface area contributed by atoms with E-state index in [0.29, 0.717) is 15.8 Å². The summed E-state index contributed by atoms with van der Waals surface area (Å²) in [6.45, 7) is 3.02. The minimum absolute atomic E-state index is 0.158. The highest BCUT2D eigenvalue weighted by Crippen LogP contribution is 2.36. The monoisotopic (exact) mass is 317 g/mol. The molecule has 1 N–H and O–H groups in total. The third-order valence-electron chi connectivity index (χ3n) is 3.00. The molecule has 3 nitrogen and oxygen atoms in total. The molecule has 0 saturated heterocycles. The van der Waals surface area contributed by atoms with Crippen molar-refractivity contribution in [1.82, 2.24) is 5.32 Å². The zero-order valence-corrected chi connectivity index (χ0v) is 12.1. The highest BCUT2D eigenvalue weighted by molar-refractivity contribution is 9.10. The van der Waals surface area contributed by atoms with Gasteiger partial charge in [0.15, 0.2) is 9.84 Å². The van der Waals surface area contributed by atoms with E-state index in [1.165, 1.54) is 0 Å². The summed E-state index contributed by atoms with van der Waals surface area (Å²) in [5.41, 5.74) is 0.902. The van der Waals surface area contributed by atoms with Gasteiger partial charge in [0.05, 0.1) is 10.6 Å². The van der Waals surface area contributed by atoms with E-state index in [-0.39, 0.29) is 11.8 Å². The second kappa shape index (κ2) is 5.08. The first-order chi connectivity index (χ1) is 8.06. The van der Waals surface area contributed by atoms with E-state index in [2.05, 4.69) is 28.2 Å². The van der Waals surface area contributed by atoms with Gasteiger partial charge in [0.2, 0.25) is 0 Å². The van der Waals surface area contributed by atoms with Gasteiger partial charge in [-0.15, -0.1) is 0 Å². The van der Waals surface area contributed by atoms with Gasteiger partial charge in [0.1, 0.15) is 0 Å². The molecule has 1 aliphatic rings. The average molecular weight is 318 g/mol. The molecule has 0 bridgehead atoms. The number of benzene rings is 1. The third kappa shape index (κ3) is 2.56. The number of nitrogens with one attached hydrogen (secondary N) is 1. The number of hydrogen-bond acceptors (Lipinski definition) is 3. The minimum Gasteiger partial charge on any atom is -0.310 e. The molecule has 1 aromatic rings. The van der Waals surface area contributed by atoms with Crippen LogP contribution in [0.15, 0.2) is 27.6 Å². The Hall–Kier alpha value is -0.390. The average Bonchev–Trinajstić information content (AvgIpc) is 2.28. The highest BCUT2D eigenvalue weighted by Gasteiger charge is 2.31. The predicted octanol–water partition coefficient (Wildman–Crippen LogP) is 2.67. The van der Waals surface area contributed by atoms with Gasteiger partial charge < -0.3 is 5.32 Å². The summed E-state index contributed by atoms with van der Waals surface area (Å²) < 4.78 is 24.8. The summed E-state index contributed by atoms with van der Waals surface area (Å²) in [5.74, 6) is 0.226. The van der Waals surface area contributed by atoms with Crippen LogP contribution >= 0.6 is 15.9 Å². The normalized spacial score (nSPS) is 22.1. The lowest BCUT2D eigenvalue weighted by molar-refractivity contribution is 0.491. The van der Waals surface area contributed by atoms with E-state index in [0.717, 1.165) is 18.5 Å². The summed E-state index contributed by atoms with van der Waals surface area (Å²) >= 11 is 3.35. The molecule has 0 spiro atoms. The Morgan fingerprint density at radius 1 is 1.47 bits per heavy atom. The van der Waals surface area contributed by atoms with E-state index in [1.54, 1.807) is 6.07 Å². The fourth-order valence-corrected chi connectivity index (χ4v) is 5.00. The lowest BCUT2D eigenvalue weighted by atomic mass is 10.0. The maximum atomic E-state index is 12.1. The lowest BCUT2D eigenvalue weighted by Crippen LogP contribution is -2.30. The van der Waals surface area contributed by atoms with Crippen LogP contribution < -0.4 is 5.32 Å². The van der Waals surface area contributed by atoms with Crippen LogP contribution in [0.3, 0.4) is 0 Å². The molecular weight excluding hydrogens is 302 g/mol. The molecule has 1 heterocycles. The van der Waals surface area contributed by atoms with Crippen molar-refractivity contribution >= 4 is 25.8 Å². The van der Waals surface area contributed by atoms with Crippen molar-refractivity contribution in [3.63, 3.8) is 0 Å². The first-order valence-electron chi connectivity index (χ1n) is 5.81. The van der Waals surface area contributed by atoms with Crippen molar-refractivity contribution in [2.24, 2.45) is 0 Å². The Balaban J connectivity index is 2.45. The predicted molar refractivity (Wildman–Crippen MR) is 71.8 cm³/mol. The number of sulfone groups is 1. The van der Waals surface area contributed by atoms with Crippen molar-refractivity contribution < 1.29 is 8.42 Å². The smallest absolute Gasteiger partial charge is 0.179 e. The van der Waals surface area contributed by atoms with Gasteiger partial charge in [-0.05, 0) is 46.9 Å². The first kappa shape index (κ1) is 13.1. The quantitative estimate of drug-likeness (QED) is 0.932. The molecule has 2 rings (SSSR count). The van der Waals surface area contributed by atoms with Gasteiger partial charge in [0, 0.05) is 10.5 Å². The van der Waals surface area contributed by atoms with Crippen LogP contribution in [0, 0.1) is 0 Å². The maximum absolute atomic E-state index is 12.1. The maximum Gasteiger partial charge on any atom is 0.179 e. The van der Waals surface area contributed by atoms with Gasteiger partial charge in [-0.2, -0.15) is 0 Å². The van der Waals surface area contributed by atoms with Crippen molar-refractivity contribution in [3.8, 4) is 0 Å². The number of halogens is 1. The molecule has 0 aliphatic carbocycles. The molecule has 17 heavy (non-hydrogen) atoms. The number of rotatable bonds is 3. The van der Waals surface area contributed by atoms with Crippen LogP contribution in [-0.4, -0.2) is 20.7 Å². The first-order valence-corrected chi connectivity index (χ1v) is 8.25. The largest absolute Gasteiger partial charge is 0.310 e. The van der Waals surface area contributed by atoms with E-state index in [1.807, 2.05) is 12.1 Å². The summed E-state index contributed by atoms with van der Waals surface area (Å²) in [6.07, 6.45) is 1.71. The third-order valence-corrected chi connectivity index (χ3v) is 5.77. The van der Waals surface area contributed by atoms with Gasteiger partial charge in [-0.3, -0.25) is 0 Å². The molecule has 0 radical (unpaired) electrons. The van der Waals surface area contributed by atoms with Crippen molar-refractivity contribution in [3.05, 3.63) is 28.2 Å². The molecule has 0 amide bonds. The Bertz CT molecular complexity index is 513. The summed E-state index contributed by atoms with van der Waals surface area (Å²) in [6, 6.07) is 5.75. The molecule has 1 aromatic carbocycles. The van der Waals surface area contributed by atoms with Crippen LogP contribution in [-0.2, 0) is 9.84 Å². The lowest BCUT2D eigenvalue weighted by Gasteiger charge is -2.27. The van der Waals surface area contributed by atoms with Crippen LogP contribution in [0.2, 0.25) is 0 Å². The zero-order chi connectivity index (χ0) is 12.5. The van der Waals surface area contributed by atoms with Crippen molar-refractivity contribution in [2.75, 3.05) is 12.3 Å². The number of fused-ring (bicyclic) bond motifs is 1. The Morgan fingerprint density at radius 3 is 2.94 bits per heavy atom. The highest BCUT2D eigenvalue weighted by atomic mass is 79.9. The molecule has 1 atom stereocenters. The molecular formula is C12H16BrNO2S. The van der Waals surface area contributed by atoms with Gasteiger partial charge in [0.25, 0.3) is 0 Å². The zero-order valence-electron chi connectivity index (χ0n) is 9.74. The summed E-state index contributed by atoms with van der Waals surface area (Å²) in [4.78, 5) is 0.472. The van der Waals surface area contributed by atoms with Gasteiger partial charge in [-0.1, -0.05) is 19.1 Å². The Morgan fingerprint density at radius 2 is 2.24 bits per heavy atom. The van der Waals surface area contributed by atoms with E-state index in [9.17, 15) is 8.42 Å². The standard InChI is InChI=1S/C12H16BrNO2S/c1-2-7-14-11-6-8-17(15,16)12-9(11)4-3-5-10(12)13/h3-5,11,14H,2,6-8H2,1H3. The van der Waals surface area contributed by atoms with Crippen LogP contribution in [0.1, 0.15) is 31.4 Å². The molecule has 0 fully saturated rings. The van der Waals surface area contributed by atoms with Crippen LogP contribution in [0.25, 0.3) is 0 Å². The van der Waals surface area contributed by atoms with Crippen molar-refractivity contribution in [1.29, 1.82) is 0 Å². The van der Waals surface area contributed by atoms with Crippen molar-refractivity contribution in [2.45, 2.75) is 30.7 Å². The van der Waals surface area contributed by atoms with Gasteiger partial charge >= 0.3 is 0 Å². The molecule has 94 valence electrons. The molecule has 5 heteroatoms. The molecule has 0 saturated carbocycles. The molecule has 1 aliphatic heterocycles. The second-order valence-electron chi connectivity index (χ2n) is 4.27. The number of hydrogen-bond donors (Lipinski definition) is 1. The molecule has 0 aromatic heterocycles. The van der Waals surface area contributed by atoms with E-state index < -0.39 is 9.84 Å². The summed E-state index contributed by atoms with van der Waals surface area (Å²) in [7, 11) is -3.12. The SMILES string of the molecule is CCCNC1CCS(=O)(=O)c2c(Br)cccc21. The fraction of sp³-hybridized carbons (Fsp3) is 0.500. The Labute approximate surface area is 111 Å². The Kier molecular flexibility index (Phi) is 3.90. The van der Waals surface area contributed by atoms with E-state index in [4.69, 9.17) is 0 Å². The van der Waals surface area contributed by atoms with Crippen LogP contribution in [0.5, 0.6) is 0 Å². The molecule has 1 unspecified atom stereocenters.